The summed E-state index contributed by atoms with van der Waals surface area (Å²) in [4.78, 5) is 34.8. The van der Waals surface area contributed by atoms with Crippen molar-refractivity contribution in [3.8, 4) is 17.6 Å². The van der Waals surface area contributed by atoms with Gasteiger partial charge in [0.05, 0.1) is 28.8 Å². The number of pyridine rings is 1. The van der Waals surface area contributed by atoms with E-state index in [1.165, 1.54) is 23.9 Å². The van der Waals surface area contributed by atoms with Crippen molar-refractivity contribution in [1.82, 2.24) is 14.6 Å². The number of carbonyl (C=O) groups is 2. The molecule has 1 aromatic heterocycles. The number of piperazine rings is 1. The summed E-state index contributed by atoms with van der Waals surface area (Å²) in [6, 6.07) is 27.1. The van der Waals surface area contributed by atoms with Gasteiger partial charge >= 0.3 is 6.18 Å². The van der Waals surface area contributed by atoms with Crippen LogP contribution in [0.2, 0.25) is 0 Å². The quantitative estimate of drug-likeness (QED) is 0.0767. The Hall–Kier alpha value is -5.98. The fraction of sp³-hybridized carbons (Fsp3) is 0.214. The van der Waals surface area contributed by atoms with Gasteiger partial charge in [0, 0.05) is 77.6 Å². The molecule has 0 unspecified atom stereocenters. The molecule has 0 spiro atoms. The zero-order chi connectivity index (χ0) is 40.4. The first kappa shape index (κ1) is 40.7. The fourth-order valence-corrected chi connectivity index (χ4v) is 7.79. The molecule has 2 N–H and O–H groups in total. The summed E-state index contributed by atoms with van der Waals surface area (Å²) in [5.74, 6) is 6.09. The molecule has 4 aromatic carbocycles. The summed E-state index contributed by atoms with van der Waals surface area (Å²) in [5.41, 5.74) is 1.04. The summed E-state index contributed by atoms with van der Waals surface area (Å²) in [6.07, 6.45) is -1.61. The maximum Gasteiger partial charge on any atom is 0.418 e. The summed E-state index contributed by atoms with van der Waals surface area (Å²) in [5, 5.41) is 2.74. The molecule has 1 aliphatic heterocycles. The molecule has 0 bridgehead atoms. The molecule has 6 rings (SSSR count). The van der Waals surface area contributed by atoms with Crippen LogP contribution in [0.3, 0.4) is 0 Å². The van der Waals surface area contributed by atoms with Crippen molar-refractivity contribution in [2.24, 2.45) is 0 Å². The summed E-state index contributed by atoms with van der Waals surface area (Å²) in [7, 11) is -4.66. The average molecular weight is 814 g/mol. The molecule has 0 aliphatic carbocycles. The van der Waals surface area contributed by atoms with E-state index >= 15 is 0 Å². The molecule has 1 aliphatic rings. The van der Waals surface area contributed by atoms with Crippen LogP contribution in [0.15, 0.2) is 125 Å². The number of hydrogen-bond acceptors (Lipinski definition) is 9. The Morgan fingerprint density at radius 1 is 0.877 bits per heavy atom. The standard InChI is InChI=1S/C42H38F3N5O5S2/c1-2-55-34-26-30(28-46-29-34)12-13-31-8-6-7-11-37(31)41(52)50-23-21-49(22-24-50)33-16-14-32(15-17-33)40(51)48-57(53,54)36-18-19-39(38(27-36)42(43,44)45)47-20-25-56-35-9-4-3-5-10-35/h3-11,14-19,26-29,47H,2,20-25H2,1H3,(H,48,51). The number of alkyl halides is 3. The molecule has 0 saturated carbocycles. The second-order valence-electron chi connectivity index (χ2n) is 12.7. The van der Waals surface area contributed by atoms with Crippen molar-refractivity contribution in [3.05, 3.63) is 143 Å². The number of aromatic nitrogens is 1. The van der Waals surface area contributed by atoms with Crippen LogP contribution in [-0.4, -0.2) is 75.2 Å². The highest BCUT2D eigenvalue weighted by Crippen LogP contribution is 2.36. The Morgan fingerprint density at radius 3 is 2.32 bits per heavy atom. The van der Waals surface area contributed by atoms with E-state index in [-0.39, 0.29) is 23.7 Å². The molecular weight excluding hydrogens is 776 g/mol. The minimum atomic E-state index is -4.85. The largest absolute Gasteiger partial charge is 0.492 e. The van der Waals surface area contributed by atoms with Crippen LogP contribution in [-0.2, 0) is 16.2 Å². The van der Waals surface area contributed by atoms with E-state index in [0.717, 1.165) is 22.7 Å². The number of rotatable bonds is 12. The zero-order valence-electron chi connectivity index (χ0n) is 30.8. The molecule has 1 saturated heterocycles. The van der Waals surface area contributed by atoms with Crippen LogP contribution < -0.4 is 19.7 Å². The SMILES string of the molecule is CCOc1cncc(C#Cc2ccccc2C(=O)N2CCN(c3ccc(C(=O)NS(=O)(=O)c4ccc(NCCSc5ccccc5)c(C(F)(F)F)c4)cc3)CC2)c1. The van der Waals surface area contributed by atoms with Gasteiger partial charge in [-0.05, 0) is 79.7 Å². The van der Waals surface area contributed by atoms with Crippen LogP contribution >= 0.6 is 11.8 Å². The first-order valence-corrected chi connectivity index (χ1v) is 20.4. The number of halogens is 3. The third-order valence-corrected chi connectivity index (χ3v) is 11.2. The molecule has 5 aromatic rings. The van der Waals surface area contributed by atoms with Gasteiger partial charge in [-0.15, -0.1) is 11.8 Å². The normalized spacial score (nSPS) is 13.0. The molecule has 0 atom stereocenters. The van der Waals surface area contributed by atoms with E-state index in [0.29, 0.717) is 67.0 Å². The van der Waals surface area contributed by atoms with Crippen LogP contribution in [0.25, 0.3) is 0 Å². The van der Waals surface area contributed by atoms with E-state index < -0.39 is 32.6 Å². The number of benzene rings is 4. The number of carbonyl (C=O) groups excluding carboxylic acids is 2. The Bertz CT molecular complexity index is 2380. The average Bonchev–Trinajstić information content (AvgIpc) is 3.22. The highest BCUT2D eigenvalue weighted by atomic mass is 32.2. The van der Waals surface area contributed by atoms with Crippen molar-refractivity contribution in [2.75, 3.05) is 55.3 Å². The maximum atomic E-state index is 14.0. The predicted octanol–water partition coefficient (Wildman–Crippen LogP) is 7.18. The number of amides is 2. The monoisotopic (exact) mass is 813 g/mol. The smallest absolute Gasteiger partial charge is 0.418 e. The molecule has 2 amide bonds. The number of anilines is 2. The second-order valence-corrected chi connectivity index (χ2v) is 15.5. The maximum absolute atomic E-state index is 14.0. The molecule has 57 heavy (non-hydrogen) atoms. The van der Waals surface area contributed by atoms with Crippen LogP contribution in [0.5, 0.6) is 5.75 Å². The van der Waals surface area contributed by atoms with Crippen molar-refractivity contribution in [3.63, 3.8) is 0 Å². The van der Waals surface area contributed by atoms with Crippen molar-refractivity contribution >= 4 is 45.0 Å². The highest BCUT2D eigenvalue weighted by molar-refractivity contribution is 7.99. The minimum absolute atomic E-state index is 0.000463. The summed E-state index contributed by atoms with van der Waals surface area (Å²) in [6.45, 7) is 4.41. The lowest BCUT2D eigenvalue weighted by Gasteiger charge is -2.36. The van der Waals surface area contributed by atoms with Gasteiger partial charge in [-0.25, -0.2) is 13.1 Å². The molecule has 2 heterocycles. The lowest BCUT2D eigenvalue weighted by atomic mass is 10.1. The minimum Gasteiger partial charge on any atom is -0.492 e. The molecule has 294 valence electrons. The van der Waals surface area contributed by atoms with E-state index in [1.54, 1.807) is 53.7 Å². The summed E-state index contributed by atoms with van der Waals surface area (Å²) < 4.78 is 75.6. The third-order valence-electron chi connectivity index (χ3n) is 8.85. The summed E-state index contributed by atoms with van der Waals surface area (Å²) >= 11 is 1.46. The number of sulfonamides is 1. The second kappa shape index (κ2) is 18.3. The van der Waals surface area contributed by atoms with Gasteiger partial charge in [0.2, 0.25) is 0 Å². The number of hydrogen-bond donors (Lipinski definition) is 2. The lowest BCUT2D eigenvalue weighted by Crippen LogP contribution is -2.49. The van der Waals surface area contributed by atoms with Crippen molar-refractivity contribution in [2.45, 2.75) is 22.9 Å². The van der Waals surface area contributed by atoms with Gasteiger partial charge in [-0.1, -0.05) is 42.2 Å². The van der Waals surface area contributed by atoms with Gasteiger partial charge in [-0.3, -0.25) is 14.6 Å². The van der Waals surface area contributed by atoms with Gasteiger partial charge < -0.3 is 19.9 Å². The molecule has 0 radical (unpaired) electrons. The van der Waals surface area contributed by atoms with Gasteiger partial charge in [0.1, 0.15) is 5.75 Å². The van der Waals surface area contributed by atoms with Crippen LogP contribution in [0.1, 0.15) is 44.3 Å². The Kier molecular flexibility index (Phi) is 13.1. The van der Waals surface area contributed by atoms with Gasteiger partial charge in [-0.2, -0.15) is 13.2 Å². The molecule has 15 heteroatoms. The highest BCUT2D eigenvalue weighted by Gasteiger charge is 2.35. The third kappa shape index (κ3) is 10.7. The number of nitrogens with zero attached hydrogens (tertiary/aromatic N) is 3. The van der Waals surface area contributed by atoms with Crippen LogP contribution in [0.4, 0.5) is 24.5 Å². The number of thioether (sulfide) groups is 1. The predicted molar refractivity (Wildman–Crippen MR) is 214 cm³/mol. The first-order valence-electron chi connectivity index (χ1n) is 17.9. The topological polar surface area (TPSA) is 121 Å². The van der Waals surface area contributed by atoms with E-state index in [2.05, 4.69) is 22.1 Å². The number of nitrogens with one attached hydrogen (secondary N) is 2. The van der Waals surface area contributed by atoms with Crippen molar-refractivity contribution < 1.29 is 35.9 Å². The van der Waals surface area contributed by atoms with Gasteiger partial charge in [0.25, 0.3) is 21.8 Å². The zero-order valence-corrected chi connectivity index (χ0v) is 32.4. The number of ether oxygens (including phenoxy) is 1. The fourth-order valence-electron chi connectivity index (χ4n) is 6.00. The van der Waals surface area contributed by atoms with E-state index in [1.807, 2.05) is 52.9 Å². The molecule has 10 nitrogen and oxygen atoms in total. The van der Waals surface area contributed by atoms with Crippen LogP contribution in [0, 0.1) is 11.8 Å². The first-order chi connectivity index (χ1) is 27.4. The lowest BCUT2D eigenvalue weighted by molar-refractivity contribution is -0.137. The molecular formula is C42H38F3N5O5S2. The van der Waals surface area contributed by atoms with E-state index in [4.69, 9.17) is 4.74 Å². The Labute approximate surface area is 333 Å². The Morgan fingerprint density at radius 2 is 1.60 bits per heavy atom. The Balaban J connectivity index is 1.04. The molecule has 1 fully saturated rings. The van der Waals surface area contributed by atoms with Crippen molar-refractivity contribution in [1.29, 1.82) is 0 Å². The van der Waals surface area contributed by atoms with E-state index in [9.17, 15) is 31.2 Å². The van der Waals surface area contributed by atoms with Gasteiger partial charge in [0.15, 0.2) is 0 Å².